The Morgan fingerprint density at radius 2 is 2.07 bits per heavy atom. The molecule has 72 valence electrons. The molecule has 1 aliphatic rings. The van der Waals surface area contributed by atoms with Gasteiger partial charge in [0.2, 0.25) is 0 Å². The molecule has 0 spiro atoms. The van der Waals surface area contributed by atoms with E-state index in [1.165, 1.54) is 13.2 Å². The molecule has 0 aliphatic carbocycles. The summed E-state index contributed by atoms with van der Waals surface area (Å²) in [4.78, 5) is 22.2. The highest BCUT2D eigenvalue weighted by Crippen LogP contribution is 2.33. The van der Waals surface area contributed by atoms with Crippen molar-refractivity contribution in [3.8, 4) is 5.75 Å². The van der Waals surface area contributed by atoms with Crippen LogP contribution >= 0.6 is 0 Å². The Morgan fingerprint density at radius 1 is 1.36 bits per heavy atom. The Bertz CT molecular complexity index is 442. The first-order valence-electron chi connectivity index (χ1n) is 3.87. The van der Waals surface area contributed by atoms with E-state index in [-0.39, 0.29) is 11.3 Å². The molecule has 0 unspecified atom stereocenters. The highest BCUT2D eigenvalue weighted by atomic mass is 19.1. The lowest BCUT2D eigenvalue weighted by Gasteiger charge is -2.05. The SMILES string of the molecule is COc1c(F)ccc2c1C(=O)C(=O)N2. The van der Waals surface area contributed by atoms with Gasteiger partial charge in [0, 0.05) is 0 Å². The van der Waals surface area contributed by atoms with Crippen molar-refractivity contribution in [2.45, 2.75) is 0 Å². The summed E-state index contributed by atoms with van der Waals surface area (Å²) in [7, 11) is 1.24. The third-order valence-electron chi connectivity index (χ3n) is 2.00. The summed E-state index contributed by atoms with van der Waals surface area (Å²) < 4.78 is 17.8. The van der Waals surface area contributed by atoms with Crippen LogP contribution in [0.1, 0.15) is 10.4 Å². The number of anilines is 1. The molecule has 5 heteroatoms. The normalized spacial score (nSPS) is 13.9. The van der Waals surface area contributed by atoms with Crippen LogP contribution in [-0.2, 0) is 4.79 Å². The molecule has 0 bridgehead atoms. The maximum Gasteiger partial charge on any atom is 0.297 e. The first-order valence-corrected chi connectivity index (χ1v) is 3.87. The average Bonchev–Trinajstić information content (AvgIpc) is 2.45. The molecule has 0 aromatic heterocycles. The maximum atomic E-state index is 13.1. The van der Waals surface area contributed by atoms with Gasteiger partial charge in [0.05, 0.1) is 18.4 Å². The molecule has 0 radical (unpaired) electrons. The van der Waals surface area contributed by atoms with Crippen molar-refractivity contribution in [2.75, 3.05) is 12.4 Å². The van der Waals surface area contributed by atoms with Crippen LogP contribution in [0, 0.1) is 5.82 Å². The van der Waals surface area contributed by atoms with Gasteiger partial charge in [0.1, 0.15) is 0 Å². The van der Waals surface area contributed by atoms with E-state index in [9.17, 15) is 14.0 Å². The van der Waals surface area contributed by atoms with E-state index >= 15 is 0 Å². The summed E-state index contributed by atoms with van der Waals surface area (Å²) in [5, 5.41) is 2.31. The number of carbonyl (C=O) groups excluding carboxylic acids is 2. The van der Waals surface area contributed by atoms with Crippen LogP contribution in [-0.4, -0.2) is 18.8 Å². The van der Waals surface area contributed by atoms with Gasteiger partial charge in [0.25, 0.3) is 11.7 Å². The monoisotopic (exact) mass is 195 g/mol. The fourth-order valence-electron chi connectivity index (χ4n) is 1.38. The zero-order chi connectivity index (χ0) is 10.3. The Hall–Kier alpha value is -1.91. The summed E-state index contributed by atoms with van der Waals surface area (Å²) >= 11 is 0. The summed E-state index contributed by atoms with van der Waals surface area (Å²) in [6.45, 7) is 0. The highest BCUT2D eigenvalue weighted by molar-refractivity contribution is 6.52. The Balaban J connectivity index is 2.70. The molecule has 4 nitrogen and oxygen atoms in total. The van der Waals surface area contributed by atoms with E-state index in [0.717, 1.165) is 6.07 Å². The topological polar surface area (TPSA) is 55.4 Å². The van der Waals surface area contributed by atoms with Gasteiger partial charge in [-0.3, -0.25) is 9.59 Å². The van der Waals surface area contributed by atoms with Crippen molar-refractivity contribution in [2.24, 2.45) is 0 Å². The van der Waals surface area contributed by atoms with Gasteiger partial charge in [-0.1, -0.05) is 0 Å². The predicted molar refractivity (Wildman–Crippen MR) is 45.9 cm³/mol. The highest BCUT2D eigenvalue weighted by Gasteiger charge is 2.32. The van der Waals surface area contributed by atoms with E-state index in [2.05, 4.69) is 5.32 Å². The van der Waals surface area contributed by atoms with E-state index in [1.54, 1.807) is 0 Å². The lowest BCUT2D eigenvalue weighted by Crippen LogP contribution is -2.12. The van der Waals surface area contributed by atoms with Crippen LogP contribution in [0.4, 0.5) is 10.1 Å². The zero-order valence-corrected chi connectivity index (χ0v) is 7.26. The molecule has 1 amide bonds. The van der Waals surface area contributed by atoms with Crippen LogP contribution < -0.4 is 10.1 Å². The minimum absolute atomic E-state index is 0.0301. The van der Waals surface area contributed by atoms with Crippen molar-refractivity contribution in [1.82, 2.24) is 0 Å². The maximum absolute atomic E-state index is 13.1. The number of carbonyl (C=O) groups is 2. The zero-order valence-electron chi connectivity index (χ0n) is 7.26. The number of ketones is 1. The first-order chi connectivity index (χ1) is 6.65. The molecule has 1 aliphatic heterocycles. The lowest BCUT2D eigenvalue weighted by atomic mass is 10.1. The number of benzene rings is 1. The Morgan fingerprint density at radius 3 is 2.71 bits per heavy atom. The van der Waals surface area contributed by atoms with Crippen LogP contribution in [0.2, 0.25) is 0 Å². The second-order valence-electron chi connectivity index (χ2n) is 2.79. The van der Waals surface area contributed by atoms with Crippen LogP contribution in [0.3, 0.4) is 0 Å². The summed E-state index contributed by atoms with van der Waals surface area (Å²) in [5.74, 6) is -2.37. The molecule has 14 heavy (non-hydrogen) atoms. The molecular formula is C9H6FNO3. The smallest absolute Gasteiger partial charge is 0.297 e. The minimum Gasteiger partial charge on any atom is -0.493 e. The molecule has 2 rings (SSSR count). The van der Waals surface area contributed by atoms with Crippen LogP contribution in [0.15, 0.2) is 12.1 Å². The molecule has 0 atom stereocenters. The standard InChI is InChI=1S/C9H6FNO3/c1-14-8-4(10)2-3-5-6(8)7(12)9(13)11-5/h2-3H,1H3,(H,11,12,13). The van der Waals surface area contributed by atoms with E-state index in [0.29, 0.717) is 5.69 Å². The number of methoxy groups -OCH3 is 1. The number of halogens is 1. The second-order valence-corrected chi connectivity index (χ2v) is 2.79. The quantitative estimate of drug-likeness (QED) is 0.679. The molecule has 0 fully saturated rings. The van der Waals surface area contributed by atoms with Gasteiger partial charge in [-0.15, -0.1) is 0 Å². The van der Waals surface area contributed by atoms with Crippen molar-refractivity contribution < 1.29 is 18.7 Å². The molecule has 1 aromatic rings. The number of hydrogen-bond acceptors (Lipinski definition) is 3. The van der Waals surface area contributed by atoms with Gasteiger partial charge in [-0.2, -0.15) is 0 Å². The van der Waals surface area contributed by atoms with Gasteiger partial charge >= 0.3 is 0 Å². The molecule has 1 N–H and O–H groups in total. The number of ether oxygens (including phenoxy) is 1. The van der Waals surface area contributed by atoms with Gasteiger partial charge in [0.15, 0.2) is 11.6 Å². The molecule has 0 saturated carbocycles. The Kier molecular flexibility index (Phi) is 1.73. The van der Waals surface area contributed by atoms with Gasteiger partial charge < -0.3 is 10.1 Å². The van der Waals surface area contributed by atoms with Crippen molar-refractivity contribution >= 4 is 17.4 Å². The van der Waals surface area contributed by atoms with Gasteiger partial charge in [-0.05, 0) is 12.1 Å². The second kappa shape index (κ2) is 2.80. The lowest BCUT2D eigenvalue weighted by molar-refractivity contribution is -0.112. The van der Waals surface area contributed by atoms with Crippen molar-refractivity contribution in [3.05, 3.63) is 23.5 Å². The predicted octanol–water partition coefficient (Wildman–Crippen LogP) is 0.969. The number of amides is 1. The third kappa shape index (κ3) is 0.985. The summed E-state index contributed by atoms with van der Waals surface area (Å²) in [6, 6.07) is 2.46. The molecular weight excluding hydrogens is 189 g/mol. The first kappa shape index (κ1) is 8.68. The number of fused-ring (bicyclic) bond motifs is 1. The average molecular weight is 195 g/mol. The summed E-state index contributed by atoms with van der Waals surface area (Å²) in [5.41, 5.74) is 0.260. The molecule has 0 saturated heterocycles. The number of hydrogen-bond donors (Lipinski definition) is 1. The fraction of sp³-hybridized carbons (Fsp3) is 0.111. The number of nitrogens with one attached hydrogen (secondary N) is 1. The van der Waals surface area contributed by atoms with E-state index in [1.807, 2.05) is 0 Å². The largest absolute Gasteiger partial charge is 0.493 e. The summed E-state index contributed by atoms with van der Waals surface area (Å²) in [6.07, 6.45) is 0. The number of Topliss-reactive ketones (excluding diaryl/α,β-unsaturated/α-hetero) is 1. The third-order valence-corrected chi connectivity index (χ3v) is 2.00. The van der Waals surface area contributed by atoms with Crippen LogP contribution in [0.5, 0.6) is 5.75 Å². The molecule has 1 heterocycles. The Labute approximate surface area is 78.7 Å². The van der Waals surface area contributed by atoms with Crippen molar-refractivity contribution in [1.29, 1.82) is 0 Å². The molecule has 1 aromatic carbocycles. The van der Waals surface area contributed by atoms with E-state index < -0.39 is 17.5 Å². The van der Waals surface area contributed by atoms with Crippen LogP contribution in [0.25, 0.3) is 0 Å². The number of rotatable bonds is 1. The van der Waals surface area contributed by atoms with Crippen molar-refractivity contribution in [3.63, 3.8) is 0 Å². The van der Waals surface area contributed by atoms with Gasteiger partial charge in [-0.25, -0.2) is 4.39 Å². The fourth-order valence-corrected chi connectivity index (χ4v) is 1.38. The van der Waals surface area contributed by atoms with E-state index in [4.69, 9.17) is 4.74 Å². The minimum atomic E-state index is -0.767.